The summed E-state index contributed by atoms with van der Waals surface area (Å²) in [5, 5.41) is 9.09. The number of aromatic nitrogens is 5. The van der Waals surface area contributed by atoms with E-state index in [1.165, 1.54) is 10.1 Å². The van der Waals surface area contributed by atoms with E-state index in [-0.39, 0.29) is 13.2 Å². The van der Waals surface area contributed by atoms with E-state index in [9.17, 15) is 9.59 Å². The van der Waals surface area contributed by atoms with Gasteiger partial charge in [0.2, 0.25) is 5.78 Å². The van der Waals surface area contributed by atoms with Crippen LogP contribution in [0.3, 0.4) is 0 Å². The first kappa shape index (κ1) is 18.2. The topological polar surface area (TPSA) is 86.5 Å². The zero-order valence-electron chi connectivity index (χ0n) is 16.4. The summed E-state index contributed by atoms with van der Waals surface area (Å²) in [6.07, 6.45) is 2.21. The maximum atomic E-state index is 13.1. The van der Waals surface area contributed by atoms with E-state index in [2.05, 4.69) is 24.9 Å². The molecule has 0 amide bonds. The first-order chi connectivity index (χ1) is 13.4. The second kappa shape index (κ2) is 6.49. The van der Waals surface area contributed by atoms with Gasteiger partial charge in [0, 0.05) is 32.1 Å². The van der Waals surface area contributed by atoms with E-state index in [1.54, 1.807) is 11.4 Å². The molecule has 0 fully saturated rings. The van der Waals surface area contributed by atoms with Crippen LogP contribution in [-0.4, -0.2) is 34.8 Å². The van der Waals surface area contributed by atoms with Crippen LogP contribution in [0.5, 0.6) is 0 Å². The summed E-state index contributed by atoms with van der Waals surface area (Å²) in [7, 11) is 1.61. The van der Waals surface area contributed by atoms with Crippen molar-refractivity contribution in [3.05, 3.63) is 62.1 Å². The van der Waals surface area contributed by atoms with Crippen LogP contribution < -0.4 is 11.2 Å². The molecule has 1 N–H and O–H groups in total. The third-order valence-corrected chi connectivity index (χ3v) is 5.38. The average Bonchev–Trinajstić information content (AvgIpc) is 3.17. The van der Waals surface area contributed by atoms with Crippen LogP contribution in [-0.2, 0) is 13.6 Å². The lowest BCUT2D eigenvalue weighted by molar-refractivity contribution is 0.277. The third kappa shape index (κ3) is 2.45. The standard InChI is InChI=1S/C20H23N5O3/c1-12-7-5-8-15(14(12)3)25-13(2)11-24-16-17(21-19(24)25)22(4)20(28)23(18(16)27)9-6-10-26/h5,7-8,11,26H,6,9-10H2,1-4H3. The number of nitrogens with zero attached hydrogens (tertiary/aromatic N) is 5. The highest BCUT2D eigenvalue weighted by molar-refractivity contribution is 5.76. The van der Waals surface area contributed by atoms with Crippen LogP contribution in [0.2, 0.25) is 0 Å². The Morgan fingerprint density at radius 1 is 1.14 bits per heavy atom. The lowest BCUT2D eigenvalue weighted by Crippen LogP contribution is -2.39. The smallest absolute Gasteiger partial charge is 0.332 e. The molecular weight excluding hydrogens is 358 g/mol. The molecule has 4 aromatic rings. The zero-order chi connectivity index (χ0) is 20.2. The Labute approximate surface area is 160 Å². The minimum Gasteiger partial charge on any atom is -0.396 e. The average molecular weight is 381 g/mol. The monoisotopic (exact) mass is 381 g/mol. The molecule has 146 valence electrons. The summed E-state index contributed by atoms with van der Waals surface area (Å²) in [5.74, 6) is 0.591. The first-order valence-corrected chi connectivity index (χ1v) is 9.24. The van der Waals surface area contributed by atoms with Gasteiger partial charge >= 0.3 is 5.69 Å². The van der Waals surface area contributed by atoms with Gasteiger partial charge in [-0.1, -0.05) is 12.1 Å². The number of fused-ring (bicyclic) bond motifs is 3. The van der Waals surface area contributed by atoms with Crippen LogP contribution in [0.15, 0.2) is 34.0 Å². The van der Waals surface area contributed by atoms with Crippen molar-refractivity contribution < 1.29 is 5.11 Å². The van der Waals surface area contributed by atoms with Crippen molar-refractivity contribution in [3.8, 4) is 5.69 Å². The Balaban J connectivity index is 2.11. The van der Waals surface area contributed by atoms with Crippen molar-refractivity contribution in [2.24, 2.45) is 7.05 Å². The molecule has 0 radical (unpaired) electrons. The molecule has 0 aliphatic rings. The molecule has 4 rings (SSSR count). The molecule has 0 aliphatic heterocycles. The molecule has 8 heteroatoms. The van der Waals surface area contributed by atoms with Crippen molar-refractivity contribution in [3.63, 3.8) is 0 Å². The second-order valence-corrected chi connectivity index (χ2v) is 7.15. The Morgan fingerprint density at radius 2 is 1.89 bits per heavy atom. The number of hydrogen-bond acceptors (Lipinski definition) is 4. The SMILES string of the molecule is Cc1cccc(-n2c(C)cn3c4c(=O)n(CCCO)c(=O)n(C)c4nc23)c1C. The van der Waals surface area contributed by atoms with Crippen LogP contribution in [0.1, 0.15) is 23.2 Å². The summed E-state index contributed by atoms with van der Waals surface area (Å²) < 4.78 is 6.31. The number of aryl methyl sites for hydroxylation is 3. The maximum absolute atomic E-state index is 13.1. The quantitative estimate of drug-likeness (QED) is 0.580. The van der Waals surface area contributed by atoms with Gasteiger partial charge in [0.05, 0.1) is 5.69 Å². The first-order valence-electron chi connectivity index (χ1n) is 9.24. The summed E-state index contributed by atoms with van der Waals surface area (Å²) in [5.41, 5.74) is 4.12. The van der Waals surface area contributed by atoms with Gasteiger partial charge in [-0.25, -0.2) is 4.79 Å². The van der Waals surface area contributed by atoms with E-state index in [0.29, 0.717) is 23.4 Å². The van der Waals surface area contributed by atoms with Crippen molar-refractivity contribution in [2.75, 3.05) is 6.61 Å². The molecule has 0 atom stereocenters. The molecule has 8 nitrogen and oxygen atoms in total. The van der Waals surface area contributed by atoms with Crippen LogP contribution in [0.25, 0.3) is 22.6 Å². The van der Waals surface area contributed by atoms with Crippen LogP contribution >= 0.6 is 0 Å². The molecule has 0 spiro atoms. The molecule has 0 bridgehead atoms. The Kier molecular flexibility index (Phi) is 4.23. The number of aliphatic hydroxyl groups excluding tert-OH is 1. The highest BCUT2D eigenvalue weighted by Crippen LogP contribution is 2.24. The van der Waals surface area contributed by atoms with Crippen molar-refractivity contribution in [1.82, 2.24) is 23.1 Å². The van der Waals surface area contributed by atoms with Crippen molar-refractivity contribution >= 4 is 16.9 Å². The molecular formula is C20H23N5O3. The van der Waals surface area contributed by atoms with Gasteiger partial charge in [0.15, 0.2) is 11.2 Å². The van der Waals surface area contributed by atoms with Gasteiger partial charge in [-0.15, -0.1) is 0 Å². The molecule has 0 saturated carbocycles. The van der Waals surface area contributed by atoms with Crippen molar-refractivity contribution in [1.29, 1.82) is 0 Å². The predicted octanol–water partition coefficient (Wildman–Crippen LogP) is 1.45. The molecule has 0 saturated heterocycles. The molecule has 0 aliphatic carbocycles. The Morgan fingerprint density at radius 3 is 2.61 bits per heavy atom. The molecule has 28 heavy (non-hydrogen) atoms. The van der Waals surface area contributed by atoms with Gasteiger partial charge in [-0.2, -0.15) is 4.98 Å². The normalized spacial score (nSPS) is 11.8. The third-order valence-electron chi connectivity index (χ3n) is 5.38. The number of imidazole rings is 2. The number of hydrogen-bond donors (Lipinski definition) is 1. The predicted molar refractivity (Wildman–Crippen MR) is 107 cm³/mol. The highest BCUT2D eigenvalue weighted by Gasteiger charge is 2.21. The molecule has 1 aromatic carbocycles. The molecule has 0 unspecified atom stereocenters. The van der Waals surface area contributed by atoms with Gasteiger partial charge in [0.1, 0.15) is 0 Å². The lowest BCUT2D eigenvalue weighted by Gasteiger charge is -2.11. The largest absolute Gasteiger partial charge is 0.396 e. The van der Waals surface area contributed by atoms with E-state index >= 15 is 0 Å². The number of benzene rings is 1. The van der Waals surface area contributed by atoms with Gasteiger partial charge < -0.3 is 5.11 Å². The minimum absolute atomic E-state index is 0.0857. The number of rotatable bonds is 4. The summed E-state index contributed by atoms with van der Waals surface area (Å²) in [6.45, 7) is 6.16. The number of aliphatic hydroxyl groups is 1. The molecule has 3 heterocycles. The fraction of sp³-hybridized carbons (Fsp3) is 0.350. The minimum atomic E-state index is -0.429. The van der Waals surface area contributed by atoms with Gasteiger partial charge in [-0.3, -0.25) is 22.9 Å². The fourth-order valence-corrected chi connectivity index (χ4v) is 3.71. The Bertz CT molecular complexity index is 1340. The summed E-state index contributed by atoms with van der Waals surface area (Å²) in [6, 6.07) is 6.07. The van der Waals surface area contributed by atoms with Crippen LogP contribution in [0, 0.1) is 20.8 Å². The van der Waals surface area contributed by atoms with E-state index in [0.717, 1.165) is 21.5 Å². The summed E-state index contributed by atoms with van der Waals surface area (Å²) in [4.78, 5) is 30.3. The van der Waals surface area contributed by atoms with Gasteiger partial charge in [-0.05, 0) is 44.4 Å². The second-order valence-electron chi connectivity index (χ2n) is 7.15. The maximum Gasteiger partial charge on any atom is 0.332 e. The zero-order valence-corrected chi connectivity index (χ0v) is 16.4. The van der Waals surface area contributed by atoms with E-state index < -0.39 is 11.2 Å². The highest BCUT2D eigenvalue weighted by atomic mass is 16.3. The fourth-order valence-electron chi connectivity index (χ4n) is 3.71. The van der Waals surface area contributed by atoms with Crippen LogP contribution in [0.4, 0.5) is 0 Å². The van der Waals surface area contributed by atoms with E-state index in [1.807, 2.05) is 29.8 Å². The summed E-state index contributed by atoms with van der Waals surface area (Å²) >= 11 is 0. The van der Waals surface area contributed by atoms with E-state index in [4.69, 9.17) is 5.11 Å². The lowest BCUT2D eigenvalue weighted by atomic mass is 10.1. The van der Waals surface area contributed by atoms with Gasteiger partial charge in [0.25, 0.3) is 5.56 Å². The Hall–Kier alpha value is -3.13. The van der Waals surface area contributed by atoms with Crippen molar-refractivity contribution in [2.45, 2.75) is 33.7 Å². The molecule has 3 aromatic heterocycles.